The normalized spacial score (nSPS) is 20.6. The van der Waals surface area contributed by atoms with Crippen molar-refractivity contribution in [2.75, 3.05) is 19.8 Å². The largest absolute Gasteiger partial charge is 0.480 e. The number of phosphoric acid groups is 1. The summed E-state index contributed by atoms with van der Waals surface area (Å²) in [6.45, 7) is 2.44. The van der Waals surface area contributed by atoms with Gasteiger partial charge < -0.3 is 45.3 Å². The van der Waals surface area contributed by atoms with Crippen molar-refractivity contribution in [3.8, 4) is 0 Å². The van der Waals surface area contributed by atoms with Gasteiger partial charge in [0, 0.05) is 25.2 Å². The van der Waals surface area contributed by atoms with Gasteiger partial charge in [0.05, 0.1) is 31.5 Å². The van der Waals surface area contributed by atoms with E-state index in [1.54, 1.807) is 12.2 Å². The van der Waals surface area contributed by atoms with Crippen LogP contribution in [0.4, 0.5) is 0 Å². The molecule has 0 aromatic heterocycles. The molecular formula is C46H84NO14P. The molecule has 15 nitrogen and oxygen atoms in total. The number of carbonyl (C=O) groups excluding carboxylic acids is 2. The number of allylic oxidation sites excluding steroid dienone is 2. The maximum absolute atomic E-state index is 12.8. The van der Waals surface area contributed by atoms with Crippen molar-refractivity contribution in [2.24, 2.45) is 11.7 Å². The van der Waals surface area contributed by atoms with E-state index in [-0.39, 0.29) is 25.2 Å². The van der Waals surface area contributed by atoms with Crippen LogP contribution in [0.15, 0.2) is 24.3 Å². The number of esters is 2. The first-order chi connectivity index (χ1) is 29.8. The Bertz CT molecular complexity index is 1270. The quantitative estimate of drug-likeness (QED) is 0.0146. The van der Waals surface area contributed by atoms with Crippen LogP contribution in [0.5, 0.6) is 0 Å². The lowest BCUT2D eigenvalue weighted by Gasteiger charge is -2.36. The van der Waals surface area contributed by atoms with Gasteiger partial charge in [-0.2, -0.15) is 0 Å². The molecule has 362 valence electrons. The lowest BCUT2D eigenvalue weighted by Crippen LogP contribution is -2.43. The summed E-state index contributed by atoms with van der Waals surface area (Å²) in [4.78, 5) is 46.3. The van der Waals surface area contributed by atoms with Gasteiger partial charge in [-0.3, -0.25) is 23.4 Å². The molecule has 0 bridgehead atoms. The number of phosphoric ester groups is 1. The van der Waals surface area contributed by atoms with E-state index in [0.29, 0.717) is 32.1 Å². The fourth-order valence-corrected chi connectivity index (χ4v) is 7.94. The fraction of sp³-hybridized carbons (Fsp3) is 0.848. The zero-order chi connectivity index (χ0) is 45.9. The van der Waals surface area contributed by atoms with Crippen LogP contribution in [0, 0.1) is 5.92 Å². The highest BCUT2D eigenvalue weighted by Gasteiger charge is 2.35. The molecular weight excluding hydrogens is 821 g/mol. The summed E-state index contributed by atoms with van der Waals surface area (Å²) in [5.41, 5.74) is 5.34. The molecule has 0 aromatic rings. The van der Waals surface area contributed by atoms with Crippen LogP contribution in [0.2, 0.25) is 0 Å². The molecule has 0 aromatic carbocycles. The van der Waals surface area contributed by atoms with E-state index in [0.717, 1.165) is 38.5 Å². The number of ether oxygens (including phenoxy) is 3. The number of nitrogens with two attached hydrogens (primary N) is 1. The third kappa shape index (κ3) is 31.6. The van der Waals surface area contributed by atoms with E-state index in [2.05, 4.69) is 18.4 Å². The lowest BCUT2D eigenvalue weighted by molar-refractivity contribution is -0.199. The van der Waals surface area contributed by atoms with Gasteiger partial charge >= 0.3 is 25.7 Å². The van der Waals surface area contributed by atoms with Crippen molar-refractivity contribution < 1.29 is 67.5 Å². The maximum atomic E-state index is 12.8. The Morgan fingerprint density at radius 1 is 0.742 bits per heavy atom. The van der Waals surface area contributed by atoms with Crippen molar-refractivity contribution >= 4 is 25.7 Å². The standard InChI is InChI=1S/C46H84NO14P/c1-3-5-7-8-9-10-11-12-13-14-15-16-17-18-19-20-25-29-43(50)57-34-38(35-58-62(55,56)59-36-40(47)46(53)54)60-44(51)30-26-22-21-24-28-39-41(49)33-45(52)61-42(39)32-31-37(48)27-23-6-4-2/h21,24,31-32,37-42,45,48-49,52H,3-20,22-23,25-30,33-36,47H2,1-2H3,(H,53,54)(H,55,56)/b24-21-,32-31+/t37-,38+,39-,40-,41-,42+,45?/m0/s1. The second-order valence-corrected chi connectivity index (χ2v) is 18.2. The monoisotopic (exact) mass is 906 g/mol. The number of rotatable bonds is 40. The van der Waals surface area contributed by atoms with E-state index in [1.807, 2.05) is 12.2 Å². The van der Waals surface area contributed by atoms with E-state index >= 15 is 0 Å². The molecule has 16 heteroatoms. The zero-order valence-corrected chi connectivity index (χ0v) is 38.9. The van der Waals surface area contributed by atoms with Crippen molar-refractivity contribution in [1.82, 2.24) is 0 Å². The summed E-state index contributed by atoms with van der Waals surface area (Å²) in [6, 6.07) is -1.57. The fourth-order valence-electron chi connectivity index (χ4n) is 7.16. The van der Waals surface area contributed by atoms with Crippen LogP contribution in [-0.4, -0.2) is 99.8 Å². The minimum absolute atomic E-state index is 0.0303. The molecule has 1 fully saturated rings. The van der Waals surface area contributed by atoms with Gasteiger partial charge in [0.25, 0.3) is 0 Å². The molecule has 0 aliphatic carbocycles. The Balaban J connectivity index is 2.49. The number of aliphatic carboxylic acids is 1. The first-order valence-electron chi connectivity index (χ1n) is 23.8. The average Bonchev–Trinajstić information content (AvgIpc) is 3.23. The molecule has 1 aliphatic heterocycles. The minimum atomic E-state index is -4.79. The first-order valence-corrected chi connectivity index (χ1v) is 25.3. The van der Waals surface area contributed by atoms with Crippen molar-refractivity contribution in [3.05, 3.63) is 24.3 Å². The van der Waals surface area contributed by atoms with Gasteiger partial charge in [-0.15, -0.1) is 0 Å². The van der Waals surface area contributed by atoms with Gasteiger partial charge in [0.1, 0.15) is 12.6 Å². The Morgan fingerprint density at radius 3 is 1.85 bits per heavy atom. The van der Waals surface area contributed by atoms with E-state index in [1.165, 1.54) is 83.5 Å². The molecule has 0 spiro atoms. The number of carboxylic acid groups (broad SMARTS) is 1. The average molecular weight is 906 g/mol. The third-order valence-electron chi connectivity index (χ3n) is 11.0. The molecule has 7 N–H and O–H groups in total. The molecule has 62 heavy (non-hydrogen) atoms. The second kappa shape index (κ2) is 37.1. The summed E-state index contributed by atoms with van der Waals surface area (Å²) in [5, 5.41) is 39.9. The van der Waals surface area contributed by atoms with Gasteiger partial charge in [-0.1, -0.05) is 160 Å². The van der Waals surface area contributed by atoms with Crippen LogP contribution in [0.25, 0.3) is 0 Å². The highest BCUT2D eigenvalue weighted by atomic mass is 31.2. The van der Waals surface area contributed by atoms with Crippen LogP contribution < -0.4 is 5.73 Å². The molecule has 8 atom stereocenters. The van der Waals surface area contributed by atoms with Gasteiger partial charge in [0.15, 0.2) is 12.4 Å². The summed E-state index contributed by atoms with van der Waals surface area (Å²) >= 11 is 0. The number of unbranched alkanes of at least 4 members (excludes halogenated alkanes) is 19. The SMILES string of the molecule is CCCCCCCCCCCCCCCCCCCC(=O)OC[C@H](COP(=O)(O)OC[C@H](N)C(=O)O)OC(=O)CCC/C=C\C[C@H]1[C@@H](O)CC(O)O[C@@H]1/C=C/[C@@H](O)CCCCC. The van der Waals surface area contributed by atoms with Crippen LogP contribution >= 0.6 is 7.82 Å². The lowest BCUT2D eigenvalue weighted by atomic mass is 9.87. The minimum Gasteiger partial charge on any atom is -0.480 e. The number of hydrogen-bond acceptors (Lipinski definition) is 13. The van der Waals surface area contributed by atoms with Gasteiger partial charge in [0.2, 0.25) is 0 Å². The molecule has 0 radical (unpaired) electrons. The summed E-state index contributed by atoms with van der Waals surface area (Å²) in [7, 11) is -4.79. The third-order valence-corrected chi connectivity index (χ3v) is 11.9. The molecule has 0 saturated carbocycles. The van der Waals surface area contributed by atoms with Gasteiger partial charge in [-0.25, -0.2) is 4.57 Å². The number of carboxylic acids is 1. The smallest absolute Gasteiger partial charge is 0.472 e. The highest BCUT2D eigenvalue weighted by molar-refractivity contribution is 7.47. The van der Waals surface area contributed by atoms with Crippen LogP contribution in [0.3, 0.4) is 0 Å². The first kappa shape index (κ1) is 57.8. The summed E-state index contributed by atoms with van der Waals surface area (Å²) in [6.07, 6.45) is 28.5. The second-order valence-electron chi connectivity index (χ2n) is 16.8. The highest BCUT2D eigenvalue weighted by Crippen LogP contribution is 2.43. The van der Waals surface area contributed by atoms with Crippen LogP contribution in [-0.2, 0) is 42.2 Å². The maximum Gasteiger partial charge on any atom is 0.472 e. The molecule has 1 aliphatic rings. The Hall–Kier alpha value is -2.20. The summed E-state index contributed by atoms with van der Waals surface area (Å²) in [5.74, 6) is -2.95. The van der Waals surface area contributed by atoms with Crippen molar-refractivity contribution in [1.29, 1.82) is 0 Å². The number of hydrogen-bond donors (Lipinski definition) is 6. The Labute approximate surface area is 372 Å². The van der Waals surface area contributed by atoms with E-state index in [9.17, 15) is 39.2 Å². The number of aliphatic hydroxyl groups is 3. The Morgan fingerprint density at radius 2 is 1.27 bits per heavy atom. The van der Waals surface area contributed by atoms with Gasteiger partial charge in [-0.05, 0) is 32.1 Å². The molecule has 2 unspecified atom stereocenters. The van der Waals surface area contributed by atoms with Crippen LogP contribution in [0.1, 0.15) is 187 Å². The molecule has 0 amide bonds. The van der Waals surface area contributed by atoms with E-state index < -0.39 is 82.3 Å². The molecule has 1 heterocycles. The predicted octanol–water partition coefficient (Wildman–Crippen LogP) is 8.73. The number of aliphatic hydroxyl groups excluding tert-OH is 3. The topological polar surface area (TPSA) is 242 Å². The zero-order valence-electron chi connectivity index (χ0n) is 38.0. The van der Waals surface area contributed by atoms with Crippen molar-refractivity contribution in [3.63, 3.8) is 0 Å². The Kier molecular flexibility index (Phi) is 34.6. The van der Waals surface area contributed by atoms with E-state index in [4.69, 9.17) is 29.6 Å². The molecule has 1 saturated heterocycles. The van der Waals surface area contributed by atoms with Crippen molar-refractivity contribution in [2.45, 2.75) is 224 Å². The molecule has 1 rings (SSSR count). The number of carbonyl (C=O) groups is 3. The summed E-state index contributed by atoms with van der Waals surface area (Å²) < 4.78 is 38.4. The predicted molar refractivity (Wildman–Crippen MR) is 239 cm³/mol.